The van der Waals surface area contributed by atoms with Crippen LogP contribution in [0.15, 0.2) is 28.7 Å². The Balaban J connectivity index is 0.00000208. The first-order valence-corrected chi connectivity index (χ1v) is 9.26. The van der Waals surface area contributed by atoms with Gasteiger partial charge in [0.25, 0.3) is 0 Å². The normalized spacial score (nSPS) is 26.4. The largest absolute Gasteiger partial charge is 0.481 e. The molecule has 1 heterocycles. The molecule has 1 aliphatic carbocycles. The van der Waals surface area contributed by atoms with Crippen LogP contribution < -0.4 is 0 Å². The second-order valence-corrected chi connectivity index (χ2v) is 7.45. The van der Waals surface area contributed by atoms with E-state index < -0.39 is 11.9 Å². The highest BCUT2D eigenvalue weighted by Gasteiger charge is 2.39. The predicted octanol–water partition coefficient (Wildman–Crippen LogP) is 3.93. The highest BCUT2D eigenvalue weighted by Crippen LogP contribution is 2.39. The molecule has 1 saturated heterocycles. The van der Waals surface area contributed by atoms with Gasteiger partial charge < -0.3 is 9.84 Å². The van der Waals surface area contributed by atoms with Crippen molar-refractivity contribution in [2.24, 2.45) is 5.92 Å². The van der Waals surface area contributed by atoms with E-state index in [0.717, 1.165) is 55.6 Å². The van der Waals surface area contributed by atoms with Gasteiger partial charge in [0.05, 0.1) is 19.1 Å². The Kier molecular flexibility index (Phi) is 7.54. The van der Waals surface area contributed by atoms with E-state index in [2.05, 4.69) is 20.8 Å². The molecule has 134 valence electrons. The number of morpholine rings is 1. The molecule has 1 N–H and O–H groups in total. The van der Waals surface area contributed by atoms with E-state index in [-0.39, 0.29) is 18.3 Å². The van der Waals surface area contributed by atoms with Gasteiger partial charge in [-0.15, -0.1) is 12.4 Å². The molecule has 6 heteroatoms. The Hall–Kier alpha value is -0.620. The first-order valence-electron chi connectivity index (χ1n) is 8.47. The molecule has 2 aliphatic rings. The summed E-state index contributed by atoms with van der Waals surface area (Å²) in [5.74, 6) is -0.936. The van der Waals surface area contributed by atoms with Crippen LogP contribution in [0.1, 0.15) is 37.2 Å². The minimum absolute atomic E-state index is 0. The van der Waals surface area contributed by atoms with Gasteiger partial charge >= 0.3 is 5.97 Å². The fourth-order valence-electron chi connectivity index (χ4n) is 4.13. The Bertz CT molecular complexity index is 534. The number of hydrogen-bond acceptors (Lipinski definition) is 3. The van der Waals surface area contributed by atoms with Crippen LogP contribution in [0.3, 0.4) is 0 Å². The van der Waals surface area contributed by atoms with Crippen molar-refractivity contribution in [2.45, 2.75) is 37.6 Å². The highest BCUT2D eigenvalue weighted by atomic mass is 79.9. The van der Waals surface area contributed by atoms with Crippen LogP contribution >= 0.6 is 28.3 Å². The number of aliphatic carboxylic acids is 1. The minimum atomic E-state index is -0.697. The van der Waals surface area contributed by atoms with E-state index in [1.807, 2.05) is 24.3 Å². The monoisotopic (exact) mass is 417 g/mol. The first-order chi connectivity index (χ1) is 11.2. The number of carbonyl (C=O) groups is 1. The third kappa shape index (κ3) is 4.51. The van der Waals surface area contributed by atoms with E-state index in [1.165, 1.54) is 6.42 Å². The molecule has 3 atom stereocenters. The van der Waals surface area contributed by atoms with E-state index in [9.17, 15) is 9.90 Å². The van der Waals surface area contributed by atoms with Crippen molar-refractivity contribution in [2.75, 3.05) is 26.3 Å². The van der Waals surface area contributed by atoms with Crippen LogP contribution in [-0.4, -0.2) is 48.3 Å². The molecule has 0 spiro atoms. The summed E-state index contributed by atoms with van der Waals surface area (Å²) in [6.45, 7) is 3.38. The molecule has 4 nitrogen and oxygen atoms in total. The third-order valence-corrected chi connectivity index (χ3v) is 5.75. The SMILES string of the molecule is Cl.O=C(O)C(c1ccc(Br)cc1)C1CCCCC1N1CCOCC1. The standard InChI is InChI=1S/C18H24BrNO3.ClH/c19-14-7-5-13(6-8-14)17(18(21)22)15-3-1-2-4-16(15)20-9-11-23-12-10-20;/h5-8,15-17H,1-4,9-12H2,(H,21,22);1H. The highest BCUT2D eigenvalue weighted by molar-refractivity contribution is 9.10. The van der Waals surface area contributed by atoms with Gasteiger partial charge in [0, 0.05) is 23.6 Å². The maximum Gasteiger partial charge on any atom is 0.311 e. The molecule has 0 aromatic heterocycles. The zero-order valence-corrected chi connectivity index (χ0v) is 16.1. The number of ether oxygens (including phenoxy) is 1. The van der Waals surface area contributed by atoms with Crippen molar-refractivity contribution in [3.05, 3.63) is 34.3 Å². The summed E-state index contributed by atoms with van der Waals surface area (Å²) in [6, 6.07) is 8.15. The summed E-state index contributed by atoms with van der Waals surface area (Å²) in [5.41, 5.74) is 0.922. The summed E-state index contributed by atoms with van der Waals surface area (Å²) in [7, 11) is 0. The number of rotatable bonds is 4. The molecule has 3 unspecified atom stereocenters. The van der Waals surface area contributed by atoms with Crippen molar-refractivity contribution in [1.82, 2.24) is 4.90 Å². The lowest BCUT2D eigenvalue weighted by molar-refractivity contribution is -0.141. The second-order valence-electron chi connectivity index (χ2n) is 6.53. The van der Waals surface area contributed by atoms with Gasteiger partial charge in [-0.05, 0) is 36.5 Å². The molecule has 1 aromatic rings. The van der Waals surface area contributed by atoms with Gasteiger partial charge in [-0.3, -0.25) is 9.69 Å². The number of hydrogen-bond donors (Lipinski definition) is 1. The predicted molar refractivity (Wildman–Crippen MR) is 99.9 cm³/mol. The van der Waals surface area contributed by atoms with Gasteiger partial charge in [-0.1, -0.05) is 40.9 Å². The molecular weight excluding hydrogens is 394 g/mol. The Morgan fingerprint density at radius 3 is 2.42 bits per heavy atom. The Morgan fingerprint density at radius 2 is 1.79 bits per heavy atom. The van der Waals surface area contributed by atoms with Crippen LogP contribution in [0.2, 0.25) is 0 Å². The second kappa shape index (κ2) is 9.18. The van der Waals surface area contributed by atoms with Gasteiger partial charge in [0.1, 0.15) is 0 Å². The molecule has 24 heavy (non-hydrogen) atoms. The lowest BCUT2D eigenvalue weighted by atomic mass is 9.73. The smallest absolute Gasteiger partial charge is 0.311 e. The molecule has 1 aromatic carbocycles. The zero-order valence-electron chi connectivity index (χ0n) is 13.7. The quantitative estimate of drug-likeness (QED) is 0.805. The van der Waals surface area contributed by atoms with Crippen molar-refractivity contribution < 1.29 is 14.6 Å². The van der Waals surface area contributed by atoms with Gasteiger partial charge in [0.2, 0.25) is 0 Å². The van der Waals surface area contributed by atoms with Crippen molar-refractivity contribution >= 4 is 34.3 Å². The fourth-order valence-corrected chi connectivity index (χ4v) is 4.40. The van der Waals surface area contributed by atoms with Crippen molar-refractivity contribution in [1.29, 1.82) is 0 Å². The summed E-state index contributed by atoms with van der Waals surface area (Å²) >= 11 is 3.43. The Labute approximate surface area is 158 Å². The van der Waals surface area contributed by atoms with Crippen LogP contribution in [-0.2, 0) is 9.53 Å². The van der Waals surface area contributed by atoms with Crippen LogP contribution in [0.5, 0.6) is 0 Å². The molecule has 0 amide bonds. The number of halogens is 2. The topological polar surface area (TPSA) is 49.8 Å². The van der Waals surface area contributed by atoms with Crippen molar-refractivity contribution in [3.63, 3.8) is 0 Å². The average molecular weight is 419 g/mol. The summed E-state index contributed by atoms with van der Waals surface area (Å²) < 4.78 is 6.45. The lowest BCUT2D eigenvalue weighted by Gasteiger charge is -2.43. The maximum absolute atomic E-state index is 12.1. The molecule has 0 radical (unpaired) electrons. The number of benzene rings is 1. The molecule has 2 fully saturated rings. The number of nitrogens with zero attached hydrogens (tertiary/aromatic N) is 1. The van der Waals surface area contributed by atoms with Crippen LogP contribution in [0, 0.1) is 5.92 Å². The van der Waals surface area contributed by atoms with E-state index in [0.29, 0.717) is 6.04 Å². The molecule has 1 aliphatic heterocycles. The van der Waals surface area contributed by atoms with E-state index >= 15 is 0 Å². The van der Waals surface area contributed by atoms with Gasteiger partial charge in [-0.25, -0.2) is 0 Å². The first kappa shape index (κ1) is 19.7. The average Bonchev–Trinajstić information content (AvgIpc) is 2.58. The van der Waals surface area contributed by atoms with Gasteiger partial charge in [-0.2, -0.15) is 0 Å². The van der Waals surface area contributed by atoms with E-state index in [4.69, 9.17) is 4.74 Å². The summed E-state index contributed by atoms with van der Waals surface area (Å²) in [4.78, 5) is 14.5. The third-order valence-electron chi connectivity index (χ3n) is 5.22. The lowest BCUT2D eigenvalue weighted by Crippen LogP contribution is -2.50. The molecular formula is C18H25BrClNO3. The minimum Gasteiger partial charge on any atom is -0.481 e. The Morgan fingerprint density at radius 1 is 1.17 bits per heavy atom. The molecule has 1 saturated carbocycles. The van der Waals surface area contributed by atoms with Crippen molar-refractivity contribution in [3.8, 4) is 0 Å². The van der Waals surface area contributed by atoms with Gasteiger partial charge in [0.15, 0.2) is 0 Å². The summed E-state index contributed by atoms with van der Waals surface area (Å²) in [5, 5.41) is 9.91. The van der Waals surface area contributed by atoms with E-state index in [1.54, 1.807) is 0 Å². The fraction of sp³-hybridized carbons (Fsp3) is 0.611. The van der Waals surface area contributed by atoms with Crippen LogP contribution in [0.25, 0.3) is 0 Å². The zero-order chi connectivity index (χ0) is 16.2. The number of carboxylic acids is 1. The number of carboxylic acid groups (broad SMARTS) is 1. The molecule has 3 rings (SSSR count). The summed E-state index contributed by atoms with van der Waals surface area (Å²) in [6.07, 6.45) is 4.43. The van der Waals surface area contributed by atoms with Crippen LogP contribution in [0.4, 0.5) is 0 Å². The maximum atomic E-state index is 12.1. The molecule has 0 bridgehead atoms.